The molecule has 0 bridgehead atoms. The lowest BCUT2D eigenvalue weighted by atomic mass is 9.78. The van der Waals surface area contributed by atoms with Crippen molar-refractivity contribution in [2.24, 2.45) is 11.3 Å². The summed E-state index contributed by atoms with van der Waals surface area (Å²) in [6.07, 6.45) is 10.2. The van der Waals surface area contributed by atoms with Crippen LogP contribution in [0.25, 0.3) is 11.1 Å². The Morgan fingerprint density at radius 3 is 2.79 bits per heavy atom. The summed E-state index contributed by atoms with van der Waals surface area (Å²) in [5, 5.41) is 2.85. The van der Waals surface area contributed by atoms with Crippen molar-refractivity contribution in [2.45, 2.75) is 19.3 Å². The van der Waals surface area contributed by atoms with Crippen LogP contribution in [-0.2, 0) is 20.8 Å². The number of terminal acetylenes is 1. The highest BCUT2D eigenvalue weighted by molar-refractivity contribution is 5.91. The summed E-state index contributed by atoms with van der Waals surface area (Å²) >= 11 is 0. The fraction of sp³-hybridized carbons (Fsp3) is 0.385. The number of nitrogens with one attached hydrogen (secondary N) is 1. The summed E-state index contributed by atoms with van der Waals surface area (Å²) in [4.78, 5) is 46.0. The minimum Gasteiger partial charge on any atom is -0.345 e. The van der Waals surface area contributed by atoms with Crippen LogP contribution < -0.4 is 5.32 Å². The molecular weight excluding hydrogens is 416 g/mol. The molecule has 4 rings (SSSR count). The second-order valence-corrected chi connectivity index (χ2v) is 8.93. The second-order valence-electron chi connectivity index (χ2n) is 8.93. The van der Waals surface area contributed by atoms with E-state index in [0.29, 0.717) is 32.5 Å². The summed E-state index contributed by atoms with van der Waals surface area (Å²) in [6.45, 7) is 1.35. The molecule has 2 aromatic rings. The van der Waals surface area contributed by atoms with E-state index < -0.39 is 5.41 Å². The number of likely N-dealkylation sites (tertiary alicyclic amines) is 2. The maximum absolute atomic E-state index is 13.4. The topological polar surface area (TPSA) is 82.6 Å². The van der Waals surface area contributed by atoms with E-state index in [1.54, 1.807) is 23.0 Å². The Morgan fingerprint density at radius 2 is 2.09 bits per heavy atom. The SMILES string of the molecule is C#CCNC(=O)[C@@]1(Cc2ccccc2-c2cccnc2)CCN(C(=O)[C@@H]2CC(=O)N(C)C2)C1. The third kappa shape index (κ3) is 4.61. The van der Waals surface area contributed by atoms with Crippen molar-refractivity contribution in [2.75, 3.05) is 33.2 Å². The van der Waals surface area contributed by atoms with Gasteiger partial charge in [-0.3, -0.25) is 19.4 Å². The highest BCUT2D eigenvalue weighted by atomic mass is 16.2. The Morgan fingerprint density at radius 1 is 1.27 bits per heavy atom. The average molecular weight is 445 g/mol. The molecule has 0 saturated carbocycles. The molecule has 1 aromatic carbocycles. The van der Waals surface area contributed by atoms with Crippen molar-refractivity contribution in [1.29, 1.82) is 0 Å². The number of nitrogens with zero attached hydrogens (tertiary/aromatic N) is 3. The molecular formula is C26H28N4O3. The van der Waals surface area contributed by atoms with Crippen LogP contribution in [-0.4, -0.2) is 65.7 Å². The van der Waals surface area contributed by atoms with Gasteiger partial charge in [0.05, 0.1) is 17.9 Å². The number of rotatable bonds is 6. The predicted molar refractivity (Wildman–Crippen MR) is 125 cm³/mol. The number of benzene rings is 1. The summed E-state index contributed by atoms with van der Waals surface area (Å²) < 4.78 is 0. The molecule has 2 aliphatic rings. The molecule has 2 aliphatic heterocycles. The molecule has 0 radical (unpaired) electrons. The van der Waals surface area contributed by atoms with Crippen LogP contribution in [0.3, 0.4) is 0 Å². The third-order valence-corrected chi connectivity index (χ3v) is 6.71. The normalized spacial score (nSPS) is 22.3. The van der Waals surface area contributed by atoms with E-state index in [0.717, 1.165) is 16.7 Å². The first-order chi connectivity index (χ1) is 15.9. The summed E-state index contributed by atoms with van der Waals surface area (Å²) in [6, 6.07) is 11.9. The van der Waals surface area contributed by atoms with Crippen LogP contribution in [0, 0.1) is 23.7 Å². The van der Waals surface area contributed by atoms with E-state index >= 15 is 0 Å². The molecule has 1 aromatic heterocycles. The van der Waals surface area contributed by atoms with Gasteiger partial charge in [0, 0.05) is 51.1 Å². The Kier molecular flexibility index (Phi) is 6.45. The Labute approximate surface area is 194 Å². The number of carbonyl (C=O) groups excluding carboxylic acids is 3. The quantitative estimate of drug-likeness (QED) is 0.688. The smallest absolute Gasteiger partial charge is 0.229 e. The third-order valence-electron chi connectivity index (χ3n) is 6.71. The van der Waals surface area contributed by atoms with Crippen LogP contribution in [0.2, 0.25) is 0 Å². The van der Waals surface area contributed by atoms with Gasteiger partial charge in [-0.25, -0.2) is 0 Å². The van der Waals surface area contributed by atoms with Gasteiger partial charge < -0.3 is 15.1 Å². The van der Waals surface area contributed by atoms with Crippen molar-refractivity contribution in [3.05, 3.63) is 54.4 Å². The zero-order valence-electron chi connectivity index (χ0n) is 18.8. The van der Waals surface area contributed by atoms with Gasteiger partial charge in [-0.15, -0.1) is 6.42 Å². The molecule has 1 N–H and O–H groups in total. The fourth-order valence-corrected chi connectivity index (χ4v) is 4.92. The van der Waals surface area contributed by atoms with Gasteiger partial charge in [0.25, 0.3) is 0 Å². The molecule has 0 unspecified atom stereocenters. The van der Waals surface area contributed by atoms with E-state index in [4.69, 9.17) is 6.42 Å². The highest BCUT2D eigenvalue weighted by Crippen LogP contribution is 2.38. The maximum Gasteiger partial charge on any atom is 0.229 e. The lowest BCUT2D eigenvalue weighted by Crippen LogP contribution is -2.46. The maximum atomic E-state index is 13.4. The Hall–Kier alpha value is -3.66. The number of pyridine rings is 1. The number of carbonyl (C=O) groups is 3. The summed E-state index contributed by atoms with van der Waals surface area (Å²) in [5.41, 5.74) is 2.22. The van der Waals surface area contributed by atoms with Gasteiger partial charge in [0.2, 0.25) is 17.7 Å². The molecule has 7 nitrogen and oxygen atoms in total. The van der Waals surface area contributed by atoms with E-state index in [9.17, 15) is 14.4 Å². The summed E-state index contributed by atoms with van der Waals surface area (Å²) in [7, 11) is 1.71. The van der Waals surface area contributed by atoms with Gasteiger partial charge in [-0.2, -0.15) is 0 Å². The Bertz CT molecular complexity index is 1090. The minimum atomic E-state index is -0.792. The molecule has 170 valence electrons. The van der Waals surface area contributed by atoms with Crippen LogP contribution in [0.5, 0.6) is 0 Å². The lowest BCUT2D eigenvalue weighted by Gasteiger charge is -2.29. The first kappa shape index (κ1) is 22.5. The van der Waals surface area contributed by atoms with E-state index in [2.05, 4.69) is 16.2 Å². The van der Waals surface area contributed by atoms with Crippen LogP contribution in [0.1, 0.15) is 18.4 Å². The van der Waals surface area contributed by atoms with Gasteiger partial charge >= 0.3 is 0 Å². The number of aromatic nitrogens is 1. The molecule has 33 heavy (non-hydrogen) atoms. The molecule has 0 aliphatic carbocycles. The van der Waals surface area contributed by atoms with Crippen molar-refractivity contribution in [3.63, 3.8) is 0 Å². The van der Waals surface area contributed by atoms with Crippen molar-refractivity contribution in [1.82, 2.24) is 20.1 Å². The van der Waals surface area contributed by atoms with Crippen molar-refractivity contribution < 1.29 is 14.4 Å². The monoisotopic (exact) mass is 444 g/mol. The van der Waals surface area contributed by atoms with Crippen LogP contribution >= 0.6 is 0 Å². The molecule has 2 atom stereocenters. The van der Waals surface area contributed by atoms with Gasteiger partial charge in [-0.1, -0.05) is 36.3 Å². The predicted octanol–water partition coefficient (Wildman–Crippen LogP) is 1.74. The average Bonchev–Trinajstić information content (AvgIpc) is 3.42. The van der Waals surface area contributed by atoms with Gasteiger partial charge in [0.15, 0.2) is 0 Å². The zero-order chi connectivity index (χ0) is 23.4. The molecule has 0 spiro atoms. The largest absolute Gasteiger partial charge is 0.345 e. The van der Waals surface area contributed by atoms with Gasteiger partial charge in [-0.05, 0) is 30.0 Å². The molecule has 2 fully saturated rings. The van der Waals surface area contributed by atoms with Crippen LogP contribution in [0.4, 0.5) is 0 Å². The molecule has 3 heterocycles. The fourth-order valence-electron chi connectivity index (χ4n) is 4.92. The Balaban J connectivity index is 1.61. The summed E-state index contributed by atoms with van der Waals surface area (Å²) in [5.74, 6) is 1.90. The zero-order valence-corrected chi connectivity index (χ0v) is 18.8. The number of hydrogen-bond acceptors (Lipinski definition) is 4. The van der Waals surface area contributed by atoms with Crippen molar-refractivity contribution in [3.8, 4) is 23.5 Å². The van der Waals surface area contributed by atoms with E-state index in [1.165, 1.54) is 0 Å². The van der Waals surface area contributed by atoms with Crippen molar-refractivity contribution >= 4 is 17.7 Å². The number of hydrogen-bond donors (Lipinski definition) is 1. The standard InChI is InChI=1S/C26H28N4O3/c1-3-11-28-25(33)26(10-13-30(18-26)24(32)21-14-23(31)29(2)17-21)15-19-7-4-5-9-22(19)20-8-6-12-27-16-20/h1,4-9,12,16,21H,10-11,13-15,17-18H2,2H3,(H,28,33)/t21-,26-/m1/s1. The van der Waals surface area contributed by atoms with E-state index in [-0.39, 0.29) is 36.6 Å². The highest BCUT2D eigenvalue weighted by Gasteiger charge is 2.48. The lowest BCUT2D eigenvalue weighted by molar-refractivity contribution is -0.136. The first-order valence-corrected chi connectivity index (χ1v) is 11.2. The minimum absolute atomic E-state index is 0.0176. The van der Waals surface area contributed by atoms with E-state index in [1.807, 2.05) is 42.6 Å². The van der Waals surface area contributed by atoms with Crippen LogP contribution in [0.15, 0.2) is 48.8 Å². The van der Waals surface area contributed by atoms with Gasteiger partial charge in [0.1, 0.15) is 0 Å². The molecule has 7 heteroatoms. The first-order valence-electron chi connectivity index (χ1n) is 11.2. The molecule has 3 amide bonds. The molecule has 2 saturated heterocycles. The second kappa shape index (κ2) is 9.45. The number of amides is 3.